The summed E-state index contributed by atoms with van der Waals surface area (Å²) in [6.45, 7) is 4.55. The van der Waals surface area contributed by atoms with Gasteiger partial charge in [-0.05, 0) is 58.4 Å². The lowest BCUT2D eigenvalue weighted by Crippen LogP contribution is -2.49. The number of nitrogens with one attached hydrogen (secondary N) is 1. The second kappa shape index (κ2) is 16.5. The summed E-state index contributed by atoms with van der Waals surface area (Å²) < 4.78 is 13.4. The van der Waals surface area contributed by atoms with Gasteiger partial charge in [0.25, 0.3) is 0 Å². The molecule has 2 fully saturated rings. The number of carboxylic acid groups (broad SMARTS) is 1. The van der Waals surface area contributed by atoms with Crippen LogP contribution >= 0.6 is 11.6 Å². The molecule has 2 aliphatic rings. The minimum atomic E-state index is -1.00. The lowest BCUT2D eigenvalue weighted by atomic mass is 9.84. The molecule has 2 heterocycles. The van der Waals surface area contributed by atoms with E-state index in [1.165, 1.54) is 0 Å². The number of amides is 1. The van der Waals surface area contributed by atoms with Crippen LogP contribution in [0.25, 0.3) is 11.1 Å². The first-order valence-corrected chi connectivity index (χ1v) is 17.9. The molecule has 2 saturated heterocycles. The van der Waals surface area contributed by atoms with Crippen LogP contribution in [0.3, 0.4) is 0 Å². The first-order valence-electron chi connectivity index (χ1n) is 17.5. The van der Waals surface area contributed by atoms with Gasteiger partial charge < -0.3 is 35.0 Å². The van der Waals surface area contributed by atoms with Crippen molar-refractivity contribution in [1.29, 1.82) is 0 Å². The van der Waals surface area contributed by atoms with Gasteiger partial charge in [0.2, 0.25) is 5.91 Å². The molecule has 10 heteroatoms. The fourth-order valence-electron chi connectivity index (χ4n) is 7.02. The summed E-state index contributed by atoms with van der Waals surface area (Å²) in [7, 11) is 0. The number of carbonyl (C=O) groups excluding carboxylic acids is 1. The molecule has 9 nitrogen and oxygen atoms in total. The van der Waals surface area contributed by atoms with Crippen LogP contribution in [0.4, 0.5) is 0 Å². The van der Waals surface area contributed by atoms with Gasteiger partial charge in [0, 0.05) is 49.1 Å². The molecule has 4 aromatic carbocycles. The average molecular weight is 713 g/mol. The number of aliphatic hydroxyl groups excluding tert-OH is 1. The van der Waals surface area contributed by atoms with Crippen LogP contribution in [-0.2, 0) is 37.8 Å². The van der Waals surface area contributed by atoms with Gasteiger partial charge in [-0.2, -0.15) is 0 Å². The molecule has 0 radical (unpaired) electrons. The number of carbonyl (C=O) groups is 2. The van der Waals surface area contributed by atoms with E-state index in [-0.39, 0.29) is 50.0 Å². The molecule has 0 spiro atoms. The number of halogens is 1. The first-order chi connectivity index (χ1) is 24.6. The van der Waals surface area contributed by atoms with E-state index >= 15 is 0 Å². The molecule has 4 atom stereocenters. The van der Waals surface area contributed by atoms with Gasteiger partial charge in [-0.15, -0.1) is 0 Å². The van der Waals surface area contributed by atoms with E-state index in [1.54, 1.807) is 0 Å². The Hall–Kier alpha value is -4.09. The van der Waals surface area contributed by atoms with Gasteiger partial charge in [-0.1, -0.05) is 103 Å². The highest BCUT2D eigenvalue weighted by atomic mass is 35.5. The van der Waals surface area contributed by atoms with Crippen molar-refractivity contribution in [2.75, 3.05) is 19.6 Å². The fraction of sp³-hybridized carbons (Fsp3) is 0.366. The molecule has 4 aromatic rings. The van der Waals surface area contributed by atoms with E-state index in [2.05, 4.69) is 17.1 Å². The minimum absolute atomic E-state index is 0.0233. The molecule has 2 aliphatic heterocycles. The van der Waals surface area contributed by atoms with Crippen LogP contribution in [0.5, 0.6) is 0 Å². The summed E-state index contributed by atoms with van der Waals surface area (Å²) in [6.07, 6.45) is -0.0837. The van der Waals surface area contributed by atoms with Crippen molar-refractivity contribution in [3.05, 3.63) is 130 Å². The topological polar surface area (TPSA) is 129 Å². The Morgan fingerprint density at radius 2 is 1.55 bits per heavy atom. The maximum atomic E-state index is 12.2. The Morgan fingerprint density at radius 3 is 2.22 bits per heavy atom. The molecule has 0 aliphatic carbocycles. The zero-order valence-corrected chi connectivity index (χ0v) is 29.5. The summed E-state index contributed by atoms with van der Waals surface area (Å²) in [6, 6.07) is 31.2. The third kappa shape index (κ3) is 9.05. The molecular formula is C41H45ClN2O7. The highest BCUT2D eigenvalue weighted by molar-refractivity contribution is 6.30. The Balaban J connectivity index is 1.18. The molecule has 6 rings (SSSR count). The standard InChI is InChI=1S/C41H45ClN2O7/c1-27-36(25-44-22-20-41(49,21-23-44)33-14-16-34(42)17-15-33)50-40(51-39(27)30-8-6-28(26-45)7-9-30)31-12-10-29(11-13-31)35-5-3-2-4-32(35)24-43-37(46)18-19-38(47)48/h2-17,27,36,39-40,45,49H,18-26H2,1H3,(H,43,46)(H,47,48)/t27-,36+,39+,40+/m1/s1. The van der Waals surface area contributed by atoms with Gasteiger partial charge >= 0.3 is 5.97 Å². The number of benzene rings is 4. The molecule has 0 saturated carbocycles. The van der Waals surface area contributed by atoms with Crippen molar-refractivity contribution < 1.29 is 34.4 Å². The van der Waals surface area contributed by atoms with Crippen LogP contribution < -0.4 is 5.32 Å². The zero-order chi connectivity index (χ0) is 36.0. The second-order valence-electron chi connectivity index (χ2n) is 13.6. The maximum absolute atomic E-state index is 12.2. The largest absolute Gasteiger partial charge is 0.481 e. The molecule has 51 heavy (non-hydrogen) atoms. The van der Waals surface area contributed by atoms with Gasteiger partial charge in [-0.25, -0.2) is 0 Å². The molecule has 0 unspecified atom stereocenters. The Labute approximate surface area is 303 Å². The van der Waals surface area contributed by atoms with Crippen molar-refractivity contribution in [2.45, 2.75) is 69.9 Å². The predicted molar refractivity (Wildman–Crippen MR) is 195 cm³/mol. The van der Waals surface area contributed by atoms with Crippen molar-refractivity contribution in [1.82, 2.24) is 10.2 Å². The van der Waals surface area contributed by atoms with Gasteiger partial charge in [-0.3, -0.25) is 9.59 Å². The summed E-state index contributed by atoms with van der Waals surface area (Å²) in [5, 5.41) is 33.5. The van der Waals surface area contributed by atoms with Gasteiger partial charge in [0.15, 0.2) is 6.29 Å². The second-order valence-corrected chi connectivity index (χ2v) is 14.0. The number of hydrogen-bond acceptors (Lipinski definition) is 7. The van der Waals surface area contributed by atoms with Crippen LogP contribution in [-0.4, -0.2) is 57.8 Å². The molecule has 0 aromatic heterocycles. The number of hydrogen-bond donors (Lipinski definition) is 4. The number of aliphatic hydroxyl groups is 2. The van der Waals surface area contributed by atoms with E-state index < -0.39 is 17.9 Å². The van der Waals surface area contributed by atoms with Gasteiger partial charge in [0.1, 0.15) is 0 Å². The van der Waals surface area contributed by atoms with Crippen molar-refractivity contribution in [3.63, 3.8) is 0 Å². The lowest BCUT2D eigenvalue weighted by Gasteiger charge is -2.45. The minimum Gasteiger partial charge on any atom is -0.481 e. The molecule has 1 amide bonds. The zero-order valence-electron chi connectivity index (χ0n) is 28.7. The number of rotatable bonds is 12. The highest BCUT2D eigenvalue weighted by Gasteiger charge is 2.41. The molecule has 0 bridgehead atoms. The van der Waals surface area contributed by atoms with Crippen LogP contribution in [0.2, 0.25) is 5.02 Å². The summed E-state index contributed by atoms with van der Waals surface area (Å²) in [5.74, 6) is -1.28. The van der Waals surface area contributed by atoms with Crippen molar-refractivity contribution in [3.8, 4) is 11.1 Å². The maximum Gasteiger partial charge on any atom is 0.303 e. The Morgan fingerprint density at radius 1 is 0.882 bits per heavy atom. The summed E-state index contributed by atoms with van der Waals surface area (Å²) in [4.78, 5) is 25.4. The quantitative estimate of drug-likeness (QED) is 0.127. The number of piperidine rings is 1. The number of aliphatic carboxylic acids is 1. The van der Waals surface area contributed by atoms with E-state index in [9.17, 15) is 19.8 Å². The van der Waals surface area contributed by atoms with Crippen LogP contribution in [0.1, 0.15) is 72.8 Å². The van der Waals surface area contributed by atoms with Crippen molar-refractivity contribution in [2.24, 2.45) is 5.92 Å². The molecular weight excluding hydrogens is 668 g/mol. The van der Waals surface area contributed by atoms with E-state index in [1.807, 2.05) is 97.1 Å². The fourth-order valence-corrected chi connectivity index (χ4v) is 7.14. The third-order valence-corrected chi connectivity index (χ3v) is 10.4. The lowest BCUT2D eigenvalue weighted by molar-refractivity contribution is -0.277. The Kier molecular flexibility index (Phi) is 11.9. The Bertz CT molecular complexity index is 1770. The van der Waals surface area contributed by atoms with E-state index in [0.29, 0.717) is 24.4 Å². The number of likely N-dealkylation sites (tertiary alicyclic amines) is 1. The summed E-state index contributed by atoms with van der Waals surface area (Å²) >= 11 is 6.10. The monoisotopic (exact) mass is 712 g/mol. The van der Waals surface area contributed by atoms with Crippen molar-refractivity contribution >= 4 is 23.5 Å². The highest BCUT2D eigenvalue weighted by Crippen LogP contribution is 2.43. The normalized spacial score (nSPS) is 22.0. The number of carboxylic acids is 1. The molecule has 268 valence electrons. The third-order valence-electron chi connectivity index (χ3n) is 10.2. The smallest absolute Gasteiger partial charge is 0.303 e. The van der Waals surface area contributed by atoms with Crippen LogP contribution in [0, 0.1) is 5.92 Å². The predicted octanol–water partition coefficient (Wildman–Crippen LogP) is 6.76. The first kappa shape index (κ1) is 36.7. The van der Waals surface area contributed by atoms with Gasteiger partial charge in [0.05, 0.1) is 30.8 Å². The average Bonchev–Trinajstić information content (AvgIpc) is 3.15. The van der Waals surface area contributed by atoms with E-state index in [0.717, 1.165) is 52.0 Å². The summed E-state index contributed by atoms with van der Waals surface area (Å²) in [5.41, 5.74) is 5.58. The number of nitrogens with zero attached hydrogens (tertiary/aromatic N) is 1. The number of ether oxygens (including phenoxy) is 2. The van der Waals surface area contributed by atoms with Crippen LogP contribution in [0.15, 0.2) is 97.1 Å². The SMILES string of the molecule is C[C@@H]1[C@H](CN2CCC(O)(c3ccc(Cl)cc3)CC2)O[C@H](c2ccc(-c3ccccc3CNC(=O)CCC(=O)O)cc2)O[C@@H]1c1ccc(CO)cc1. The van der Waals surface area contributed by atoms with E-state index in [4.69, 9.17) is 26.2 Å². The molecule has 4 N–H and O–H groups in total.